The third kappa shape index (κ3) is 5.49. The van der Waals surface area contributed by atoms with Crippen LogP contribution in [0.15, 0.2) is 22.7 Å². The highest BCUT2D eigenvalue weighted by atomic mass is 32.1. The zero-order chi connectivity index (χ0) is 20.1. The summed E-state index contributed by atoms with van der Waals surface area (Å²) in [5.74, 6) is 0.885. The number of ketones is 1. The number of rotatable bonds is 7. The maximum Gasteiger partial charge on any atom is 0.239 e. The molecule has 0 spiro atoms. The summed E-state index contributed by atoms with van der Waals surface area (Å²) in [4.78, 5) is 42.1. The van der Waals surface area contributed by atoms with Gasteiger partial charge in [-0.15, -0.1) is 11.3 Å². The summed E-state index contributed by atoms with van der Waals surface area (Å²) in [6.07, 6.45) is 0.459. The van der Waals surface area contributed by atoms with E-state index in [2.05, 4.69) is 10.5 Å². The van der Waals surface area contributed by atoms with Gasteiger partial charge in [0.05, 0.1) is 11.4 Å². The molecule has 0 saturated carbocycles. The molecule has 0 radical (unpaired) electrons. The minimum Gasteiger partial charge on any atom is -0.360 e. The number of amides is 2. The van der Waals surface area contributed by atoms with Crippen LogP contribution < -0.4 is 5.32 Å². The largest absolute Gasteiger partial charge is 0.360 e. The highest BCUT2D eigenvalue weighted by Crippen LogP contribution is 2.18. The smallest absolute Gasteiger partial charge is 0.239 e. The van der Waals surface area contributed by atoms with Crippen LogP contribution in [0.5, 0.6) is 0 Å². The molecule has 8 nitrogen and oxygen atoms in total. The Labute approximate surface area is 167 Å². The molecule has 0 bridgehead atoms. The van der Waals surface area contributed by atoms with Crippen LogP contribution in [0, 0.1) is 13.8 Å². The number of nitrogens with one attached hydrogen (secondary N) is 1. The van der Waals surface area contributed by atoms with Gasteiger partial charge in [-0.25, -0.2) is 0 Å². The molecular weight excluding hydrogens is 380 g/mol. The molecule has 0 unspecified atom stereocenters. The number of Topliss-reactive ketones (excluding diaryl/α,β-unsaturated/α-hetero) is 1. The quantitative estimate of drug-likeness (QED) is 0.710. The van der Waals surface area contributed by atoms with E-state index in [1.807, 2.05) is 24.0 Å². The van der Waals surface area contributed by atoms with Crippen molar-refractivity contribution < 1.29 is 18.9 Å². The van der Waals surface area contributed by atoms with Gasteiger partial charge in [-0.1, -0.05) is 5.16 Å². The van der Waals surface area contributed by atoms with Gasteiger partial charge in [0.1, 0.15) is 5.76 Å². The predicted octanol–water partition coefficient (Wildman–Crippen LogP) is 2.10. The van der Waals surface area contributed by atoms with E-state index in [9.17, 15) is 14.4 Å². The number of thiophene rings is 1. The van der Waals surface area contributed by atoms with Crippen molar-refractivity contribution in [2.45, 2.75) is 26.7 Å². The van der Waals surface area contributed by atoms with Crippen LogP contribution >= 0.6 is 11.3 Å². The third-order valence-electron chi connectivity index (χ3n) is 4.57. The minimum atomic E-state index is -0.162. The zero-order valence-electron chi connectivity index (χ0n) is 16.1. The first-order valence-electron chi connectivity index (χ1n) is 9.23. The Hall–Kier alpha value is -2.52. The second-order valence-electron chi connectivity index (χ2n) is 6.86. The Balaban J connectivity index is 1.37. The van der Waals surface area contributed by atoms with E-state index in [0.29, 0.717) is 42.6 Å². The van der Waals surface area contributed by atoms with E-state index in [-0.39, 0.29) is 37.0 Å². The van der Waals surface area contributed by atoms with Crippen molar-refractivity contribution in [2.75, 3.05) is 38.0 Å². The summed E-state index contributed by atoms with van der Waals surface area (Å²) in [5.41, 5.74) is 0. The highest BCUT2D eigenvalue weighted by molar-refractivity contribution is 7.14. The molecule has 9 heteroatoms. The predicted molar refractivity (Wildman–Crippen MR) is 106 cm³/mol. The van der Waals surface area contributed by atoms with E-state index in [1.54, 1.807) is 17.9 Å². The van der Waals surface area contributed by atoms with E-state index >= 15 is 0 Å². The molecule has 1 N–H and O–H groups in total. The molecular formula is C19H24N4O4S. The molecule has 1 aliphatic rings. The molecule has 0 aromatic carbocycles. The van der Waals surface area contributed by atoms with Gasteiger partial charge in [-0.2, -0.15) is 0 Å². The van der Waals surface area contributed by atoms with E-state index in [0.717, 1.165) is 4.88 Å². The fraction of sp³-hybridized carbons (Fsp3) is 0.474. The Morgan fingerprint density at radius 1 is 1.14 bits per heavy atom. The van der Waals surface area contributed by atoms with Crippen LogP contribution in [0.2, 0.25) is 0 Å². The Morgan fingerprint density at radius 2 is 1.89 bits per heavy atom. The first kappa shape index (κ1) is 20.2. The van der Waals surface area contributed by atoms with Gasteiger partial charge in [-0.3, -0.25) is 19.3 Å². The van der Waals surface area contributed by atoms with Gasteiger partial charge in [0, 0.05) is 50.0 Å². The third-order valence-corrected chi connectivity index (χ3v) is 5.61. The number of aryl methyl sites for hydroxylation is 2. The molecule has 150 valence electrons. The molecule has 1 aliphatic heterocycles. The molecule has 28 heavy (non-hydrogen) atoms. The SMILES string of the molecule is Cc1cc(NC(=O)CN2CCN(C(=O)CCC(=O)c3ccc(C)s3)CC2)no1. The molecule has 0 aliphatic carbocycles. The van der Waals surface area contributed by atoms with Gasteiger partial charge in [0.15, 0.2) is 11.6 Å². The molecule has 2 amide bonds. The van der Waals surface area contributed by atoms with Crippen LogP contribution in [0.3, 0.4) is 0 Å². The average molecular weight is 404 g/mol. The van der Waals surface area contributed by atoms with Crippen molar-refractivity contribution in [3.8, 4) is 0 Å². The van der Waals surface area contributed by atoms with Gasteiger partial charge in [0.25, 0.3) is 0 Å². The summed E-state index contributed by atoms with van der Waals surface area (Å²) in [6, 6.07) is 5.39. The van der Waals surface area contributed by atoms with Crippen molar-refractivity contribution in [1.82, 2.24) is 15.0 Å². The van der Waals surface area contributed by atoms with E-state index in [4.69, 9.17) is 4.52 Å². The normalized spacial score (nSPS) is 14.9. The maximum atomic E-state index is 12.4. The summed E-state index contributed by atoms with van der Waals surface area (Å²) in [6.45, 7) is 6.31. The van der Waals surface area contributed by atoms with Gasteiger partial charge in [-0.05, 0) is 26.0 Å². The minimum absolute atomic E-state index is 0.0104. The Kier molecular flexibility index (Phi) is 6.58. The first-order valence-corrected chi connectivity index (χ1v) is 10.1. The van der Waals surface area contributed by atoms with Crippen molar-refractivity contribution in [2.24, 2.45) is 0 Å². The molecule has 0 atom stereocenters. The van der Waals surface area contributed by atoms with Crippen molar-refractivity contribution in [3.05, 3.63) is 33.7 Å². The number of nitrogens with zero attached hydrogens (tertiary/aromatic N) is 3. The van der Waals surface area contributed by atoms with Crippen molar-refractivity contribution in [1.29, 1.82) is 0 Å². The van der Waals surface area contributed by atoms with Crippen molar-refractivity contribution in [3.63, 3.8) is 0 Å². The number of anilines is 1. The van der Waals surface area contributed by atoms with Crippen LogP contribution in [0.25, 0.3) is 0 Å². The lowest BCUT2D eigenvalue weighted by Gasteiger charge is -2.34. The second-order valence-corrected chi connectivity index (χ2v) is 8.15. The lowest BCUT2D eigenvalue weighted by atomic mass is 10.1. The molecule has 2 aromatic rings. The van der Waals surface area contributed by atoms with Crippen LogP contribution in [0.1, 0.15) is 33.2 Å². The second kappa shape index (κ2) is 9.11. The Bertz CT molecular complexity index is 852. The average Bonchev–Trinajstić information content (AvgIpc) is 3.28. The highest BCUT2D eigenvalue weighted by Gasteiger charge is 2.23. The summed E-state index contributed by atoms with van der Waals surface area (Å²) < 4.78 is 4.92. The van der Waals surface area contributed by atoms with Gasteiger partial charge in [0.2, 0.25) is 11.8 Å². The number of aromatic nitrogens is 1. The molecule has 1 fully saturated rings. The molecule has 2 aromatic heterocycles. The summed E-state index contributed by atoms with van der Waals surface area (Å²) >= 11 is 1.46. The number of carbonyl (C=O) groups is 3. The van der Waals surface area contributed by atoms with Crippen LogP contribution in [-0.2, 0) is 9.59 Å². The molecule has 1 saturated heterocycles. The Morgan fingerprint density at radius 3 is 2.50 bits per heavy atom. The van der Waals surface area contributed by atoms with E-state index in [1.165, 1.54) is 11.3 Å². The number of carbonyl (C=O) groups excluding carboxylic acids is 3. The van der Waals surface area contributed by atoms with Crippen LogP contribution in [-0.4, -0.2) is 65.3 Å². The molecule has 3 rings (SSSR count). The van der Waals surface area contributed by atoms with Gasteiger partial charge < -0.3 is 14.7 Å². The van der Waals surface area contributed by atoms with Crippen molar-refractivity contribution >= 4 is 34.8 Å². The molecule has 3 heterocycles. The lowest BCUT2D eigenvalue weighted by molar-refractivity contribution is -0.133. The van der Waals surface area contributed by atoms with E-state index < -0.39 is 0 Å². The maximum absolute atomic E-state index is 12.4. The number of piperazine rings is 1. The van der Waals surface area contributed by atoms with Gasteiger partial charge >= 0.3 is 0 Å². The van der Waals surface area contributed by atoms with Crippen LogP contribution in [0.4, 0.5) is 5.82 Å². The fourth-order valence-electron chi connectivity index (χ4n) is 3.05. The summed E-state index contributed by atoms with van der Waals surface area (Å²) in [7, 11) is 0. The lowest BCUT2D eigenvalue weighted by Crippen LogP contribution is -2.50. The number of hydrogen-bond acceptors (Lipinski definition) is 7. The topological polar surface area (TPSA) is 95.8 Å². The standard InChI is InChI=1S/C19H24N4O4S/c1-13-11-17(21-27-13)20-18(25)12-22-7-9-23(10-8-22)19(26)6-4-15(24)16-5-3-14(2)28-16/h3,5,11H,4,6-10,12H2,1-2H3,(H,20,21,25). The first-order chi connectivity index (χ1) is 13.4. The zero-order valence-corrected chi connectivity index (χ0v) is 16.9. The summed E-state index contributed by atoms with van der Waals surface area (Å²) in [5, 5.41) is 6.43. The monoisotopic (exact) mass is 404 g/mol. The number of hydrogen-bond donors (Lipinski definition) is 1. The fourth-order valence-corrected chi connectivity index (χ4v) is 3.89.